The highest BCUT2D eigenvalue weighted by Crippen LogP contribution is 2.54. The van der Waals surface area contributed by atoms with Gasteiger partial charge in [0.1, 0.15) is 11.8 Å². The molecular formula is C24H22N4O6S3. The normalized spacial score (nSPS) is 20.5. The monoisotopic (exact) mass is 558 g/mol. The van der Waals surface area contributed by atoms with Crippen LogP contribution in [0.5, 0.6) is 0 Å². The van der Waals surface area contributed by atoms with Crippen LogP contribution in [0.25, 0.3) is 0 Å². The van der Waals surface area contributed by atoms with E-state index in [-0.39, 0.29) is 28.1 Å². The molecule has 1 fully saturated rings. The van der Waals surface area contributed by atoms with Crippen LogP contribution in [0.15, 0.2) is 69.3 Å². The van der Waals surface area contributed by atoms with Gasteiger partial charge in [0.05, 0.1) is 21.5 Å². The van der Waals surface area contributed by atoms with Gasteiger partial charge in [-0.3, -0.25) is 23.7 Å². The molecule has 0 saturated carbocycles. The van der Waals surface area contributed by atoms with E-state index in [1.165, 1.54) is 33.7 Å². The third-order valence-corrected chi connectivity index (χ3v) is 10.2. The Hall–Kier alpha value is -3.26. The number of thioether (sulfide) groups is 1. The second-order valence-electron chi connectivity index (χ2n) is 9.29. The Labute approximate surface area is 220 Å². The summed E-state index contributed by atoms with van der Waals surface area (Å²) in [7, 11) is -3.87. The number of imide groups is 1. The van der Waals surface area contributed by atoms with Gasteiger partial charge in [0.15, 0.2) is 0 Å². The minimum atomic E-state index is -3.87. The van der Waals surface area contributed by atoms with Gasteiger partial charge in [-0.1, -0.05) is 55.1 Å². The maximum Gasteiger partial charge on any atom is 0.308 e. The first kappa shape index (κ1) is 25.4. The molecule has 0 aliphatic carbocycles. The topological polar surface area (TPSA) is 149 Å². The summed E-state index contributed by atoms with van der Waals surface area (Å²) in [5, 5.41) is 7.50. The molecule has 10 nitrogen and oxygen atoms in total. The first-order valence-corrected chi connectivity index (χ1v) is 14.4. The fourth-order valence-electron chi connectivity index (χ4n) is 4.67. The number of nitrogens with two attached hydrogens (primary N) is 1. The zero-order valence-electron chi connectivity index (χ0n) is 19.7. The molecule has 1 saturated heterocycles. The first-order valence-electron chi connectivity index (χ1n) is 11.2. The highest BCUT2D eigenvalue weighted by Gasteiger charge is 2.59. The molecule has 0 bridgehead atoms. The van der Waals surface area contributed by atoms with E-state index in [0.717, 1.165) is 23.1 Å². The Balaban J connectivity index is 1.42. The van der Waals surface area contributed by atoms with Crippen molar-refractivity contribution >= 4 is 62.2 Å². The lowest BCUT2D eigenvalue weighted by Crippen LogP contribution is -2.41. The average molecular weight is 559 g/mol. The van der Waals surface area contributed by atoms with E-state index in [4.69, 9.17) is 5.14 Å². The van der Waals surface area contributed by atoms with Crippen LogP contribution in [-0.4, -0.2) is 36.0 Å². The number of rotatable bonds is 5. The SMILES string of the molecule is CC1(C)c2sc(=O)n(CC(=O)Nc3ccc(S(N)(=O)=O)cc3)c2S[C@@H]2C(=O)N(c3ccccc3)C(=O)[C@@H]21. The number of fused-ring (bicyclic) bond motifs is 2. The Morgan fingerprint density at radius 3 is 2.30 bits per heavy atom. The number of thiazole rings is 1. The number of aromatic nitrogens is 1. The molecule has 0 unspecified atom stereocenters. The maximum atomic E-state index is 13.4. The molecule has 0 radical (unpaired) electrons. The summed E-state index contributed by atoms with van der Waals surface area (Å²) in [6.45, 7) is 3.37. The van der Waals surface area contributed by atoms with Crippen LogP contribution in [0.2, 0.25) is 0 Å². The van der Waals surface area contributed by atoms with Crippen molar-refractivity contribution in [3.63, 3.8) is 0 Å². The molecule has 2 aliphatic heterocycles. The van der Waals surface area contributed by atoms with Crippen LogP contribution >= 0.6 is 23.1 Å². The number of nitrogens with one attached hydrogen (secondary N) is 1. The summed E-state index contributed by atoms with van der Waals surface area (Å²) < 4.78 is 24.2. The van der Waals surface area contributed by atoms with Gasteiger partial charge in [0.25, 0.3) is 0 Å². The van der Waals surface area contributed by atoms with Gasteiger partial charge in [-0.15, -0.1) is 0 Å². The van der Waals surface area contributed by atoms with Crippen molar-refractivity contribution in [1.82, 2.24) is 4.57 Å². The standard InChI is InChI=1S/C24H22N4O6S3/c1-24(2)17-18(21(31)28(20(17)30)14-6-4-3-5-7-14)35-22-19(24)36-23(32)27(22)12-16(29)26-13-8-10-15(11-9-13)37(25,33)34/h3-11,17-18H,12H2,1-2H3,(H,26,29)(H2,25,33,34)/t17-,18+/m1/s1. The zero-order valence-corrected chi connectivity index (χ0v) is 22.2. The van der Waals surface area contributed by atoms with E-state index in [9.17, 15) is 27.6 Å². The Morgan fingerprint density at radius 1 is 1.03 bits per heavy atom. The number of nitrogens with zero attached hydrogens (tertiary/aromatic N) is 2. The molecular weight excluding hydrogens is 536 g/mol. The van der Waals surface area contributed by atoms with Crippen molar-refractivity contribution in [3.8, 4) is 0 Å². The third kappa shape index (κ3) is 4.31. The largest absolute Gasteiger partial charge is 0.325 e. The predicted octanol–water partition coefficient (Wildman–Crippen LogP) is 2.14. The summed E-state index contributed by atoms with van der Waals surface area (Å²) in [4.78, 5) is 54.0. The lowest BCUT2D eigenvalue weighted by atomic mass is 9.76. The molecule has 192 valence electrons. The molecule has 0 spiro atoms. The summed E-state index contributed by atoms with van der Waals surface area (Å²) >= 11 is 2.11. The van der Waals surface area contributed by atoms with Gasteiger partial charge >= 0.3 is 4.87 Å². The van der Waals surface area contributed by atoms with Gasteiger partial charge in [0, 0.05) is 16.0 Å². The van der Waals surface area contributed by atoms with Crippen molar-refractivity contribution in [2.75, 3.05) is 10.2 Å². The average Bonchev–Trinajstić information content (AvgIpc) is 3.28. The van der Waals surface area contributed by atoms with E-state index < -0.39 is 32.5 Å². The minimum absolute atomic E-state index is 0.0952. The molecule has 2 aliphatic rings. The molecule has 37 heavy (non-hydrogen) atoms. The van der Waals surface area contributed by atoms with Crippen molar-refractivity contribution < 1.29 is 22.8 Å². The number of amides is 3. The van der Waals surface area contributed by atoms with Crippen molar-refractivity contribution in [1.29, 1.82) is 0 Å². The molecule has 5 rings (SSSR count). The van der Waals surface area contributed by atoms with Crippen LogP contribution in [0, 0.1) is 5.92 Å². The number of carbonyl (C=O) groups is 3. The van der Waals surface area contributed by atoms with Crippen LogP contribution in [-0.2, 0) is 36.4 Å². The Bertz CT molecular complexity index is 1590. The second-order valence-corrected chi connectivity index (χ2v) is 12.9. The third-order valence-electron chi connectivity index (χ3n) is 6.49. The highest BCUT2D eigenvalue weighted by atomic mass is 32.2. The zero-order chi connectivity index (χ0) is 26.7. The summed E-state index contributed by atoms with van der Waals surface area (Å²) in [6, 6.07) is 14.0. The van der Waals surface area contributed by atoms with E-state index in [1.54, 1.807) is 30.3 Å². The lowest BCUT2D eigenvalue weighted by Gasteiger charge is -2.36. The van der Waals surface area contributed by atoms with Gasteiger partial charge in [-0.2, -0.15) is 0 Å². The summed E-state index contributed by atoms with van der Waals surface area (Å²) in [5.41, 5.74) is 0.0194. The number of anilines is 2. The molecule has 3 N–H and O–H groups in total. The minimum Gasteiger partial charge on any atom is -0.325 e. The van der Waals surface area contributed by atoms with Gasteiger partial charge in [-0.25, -0.2) is 18.5 Å². The van der Waals surface area contributed by atoms with Gasteiger partial charge < -0.3 is 5.32 Å². The predicted molar refractivity (Wildman–Crippen MR) is 140 cm³/mol. The van der Waals surface area contributed by atoms with E-state index in [2.05, 4.69) is 5.32 Å². The molecule has 1 aromatic heterocycles. The van der Waals surface area contributed by atoms with Crippen molar-refractivity contribution in [2.24, 2.45) is 11.1 Å². The van der Waals surface area contributed by atoms with Crippen molar-refractivity contribution in [2.45, 2.75) is 41.0 Å². The molecule has 3 heterocycles. The lowest BCUT2D eigenvalue weighted by molar-refractivity contribution is -0.123. The fraction of sp³-hybridized carbons (Fsp3) is 0.250. The van der Waals surface area contributed by atoms with E-state index in [1.807, 2.05) is 13.8 Å². The number of benzene rings is 2. The number of primary sulfonamides is 1. The molecule has 3 aromatic rings. The number of hydrogen-bond donors (Lipinski definition) is 2. The number of para-hydroxylation sites is 1. The number of carbonyl (C=O) groups excluding carboxylic acids is 3. The Kier molecular flexibility index (Phi) is 6.14. The van der Waals surface area contributed by atoms with Gasteiger partial charge in [-0.05, 0) is 36.4 Å². The molecule has 3 amide bonds. The molecule has 2 aromatic carbocycles. The number of hydrogen-bond acceptors (Lipinski definition) is 8. The second kappa shape index (κ2) is 8.94. The van der Waals surface area contributed by atoms with Crippen LogP contribution in [0.4, 0.5) is 11.4 Å². The van der Waals surface area contributed by atoms with Crippen LogP contribution in [0.1, 0.15) is 18.7 Å². The summed E-state index contributed by atoms with van der Waals surface area (Å²) in [5.74, 6) is -1.83. The highest BCUT2D eigenvalue weighted by molar-refractivity contribution is 8.00. The smallest absolute Gasteiger partial charge is 0.308 e. The quantitative estimate of drug-likeness (QED) is 0.456. The molecule has 2 atom stereocenters. The van der Waals surface area contributed by atoms with E-state index in [0.29, 0.717) is 21.3 Å². The number of sulfonamides is 1. The molecule has 13 heteroatoms. The van der Waals surface area contributed by atoms with Crippen LogP contribution < -0.4 is 20.2 Å². The maximum absolute atomic E-state index is 13.4. The van der Waals surface area contributed by atoms with E-state index >= 15 is 0 Å². The fourth-order valence-corrected chi connectivity index (χ4v) is 8.22. The Morgan fingerprint density at radius 2 is 1.68 bits per heavy atom. The van der Waals surface area contributed by atoms with Crippen molar-refractivity contribution in [3.05, 3.63) is 69.1 Å². The van der Waals surface area contributed by atoms with Crippen LogP contribution in [0.3, 0.4) is 0 Å². The first-order chi connectivity index (χ1) is 17.4. The van der Waals surface area contributed by atoms with Gasteiger partial charge in [0.2, 0.25) is 27.7 Å². The summed E-state index contributed by atoms with van der Waals surface area (Å²) in [6.07, 6.45) is 0.